The third-order valence-electron chi connectivity index (χ3n) is 4.77. The number of hydrogen-bond acceptors (Lipinski definition) is 4. The molecule has 0 aliphatic carbocycles. The molecule has 6 nitrogen and oxygen atoms in total. The molecule has 2 heterocycles. The summed E-state index contributed by atoms with van der Waals surface area (Å²) in [5.41, 5.74) is -0.571. The molecule has 2 rings (SSSR count). The quantitative estimate of drug-likeness (QED) is 0.733. The number of amides is 3. The van der Waals surface area contributed by atoms with Crippen molar-refractivity contribution in [3.8, 4) is 0 Å². The van der Waals surface area contributed by atoms with Gasteiger partial charge in [-0.15, -0.1) is 0 Å². The van der Waals surface area contributed by atoms with Gasteiger partial charge in [-0.2, -0.15) is 0 Å². The molecular formula is C15H25N3O3. The van der Waals surface area contributed by atoms with Crippen molar-refractivity contribution in [1.82, 2.24) is 15.5 Å². The minimum atomic E-state index is -0.571. The second kappa shape index (κ2) is 6.13. The Labute approximate surface area is 125 Å². The normalized spacial score (nSPS) is 27.5. The summed E-state index contributed by atoms with van der Waals surface area (Å²) in [6, 6.07) is -0.536. The van der Waals surface area contributed by atoms with E-state index in [-0.39, 0.29) is 24.3 Å². The standard InChI is InChI=1S/C15H25N3O3/c1-4-11-13(20)17-12(19)9-18(11)14(21)15(2,3)10-6-5-7-16-8-10/h10-11,16H,4-9H2,1-3H3,(H,17,19,20). The fourth-order valence-corrected chi connectivity index (χ4v) is 3.30. The minimum absolute atomic E-state index is 0.0212. The monoisotopic (exact) mass is 295 g/mol. The summed E-state index contributed by atoms with van der Waals surface area (Å²) in [4.78, 5) is 37.9. The number of rotatable bonds is 3. The molecule has 2 N–H and O–H groups in total. The predicted octanol–water partition coefficient (Wildman–Crippen LogP) is 0.276. The van der Waals surface area contributed by atoms with Crippen LogP contribution < -0.4 is 10.6 Å². The van der Waals surface area contributed by atoms with Crippen LogP contribution in [0.4, 0.5) is 0 Å². The van der Waals surface area contributed by atoms with E-state index in [0.29, 0.717) is 6.42 Å². The highest BCUT2D eigenvalue weighted by Crippen LogP contribution is 2.34. The van der Waals surface area contributed by atoms with Crippen LogP contribution >= 0.6 is 0 Å². The average molecular weight is 295 g/mol. The van der Waals surface area contributed by atoms with Gasteiger partial charge in [0.1, 0.15) is 12.6 Å². The van der Waals surface area contributed by atoms with Crippen molar-refractivity contribution in [3.05, 3.63) is 0 Å². The molecule has 118 valence electrons. The van der Waals surface area contributed by atoms with Gasteiger partial charge in [-0.3, -0.25) is 19.7 Å². The molecule has 0 bridgehead atoms. The lowest BCUT2D eigenvalue weighted by Gasteiger charge is -2.42. The first kappa shape index (κ1) is 15.9. The van der Waals surface area contributed by atoms with Gasteiger partial charge in [-0.05, 0) is 38.3 Å². The van der Waals surface area contributed by atoms with Crippen molar-refractivity contribution in [1.29, 1.82) is 0 Å². The Balaban J connectivity index is 2.19. The molecule has 0 aromatic rings. The van der Waals surface area contributed by atoms with E-state index in [2.05, 4.69) is 10.6 Å². The van der Waals surface area contributed by atoms with Gasteiger partial charge in [0.2, 0.25) is 17.7 Å². The van der Waals surface area contributed by atoms with Crippen LogP contribution in [0.3, 0.4) is 0 Å². The van der Waals surface area contributed by atoms with Gasteiger partial charge in [0.15, 0.2) is 0 Å². The predicted molar refractivity (Wildman–Crippen MR) is 78.3 cm³/mol. The molecule has 2 atom stereocenters. The first-order valence-electron chi connectivity index (χ1n) is 7.73. The first-order valence-corrected chi connectivity index (χ1v) is 7.73. The fourth-order valence-electron chi connectivity index (χ4n) is 3.30. The van der Waals surface area contributed by atoms with Crippen LogP contribution in [0.15, 0.2) is 0 Å². The summed E-state index contributed by atoms with van der Waals surface area (Å²) in [6.07, 6.45) is 2.57. The largest absolute Gasteiger partial charge is 0.321 e. The Morgan fingerprint density at radius 1 is 1.38 bits per heavy atom. The molecule has 2 saturated heterocycles. The lowest BCUT2D eigenvalue weighted by atomic mass is 9.73. The molecule has 2 aliphatic heterocycles. The molecule has 0 radical (unpaired) electrons. The van der Waals surface area contributed by atoms with Crippen LogP contribution in [-0.2, 0) is 14.4 Å². The molecule has 2 aliphatic rings. The number of imide groups is 1. The number of hydrogen-bond donors (Lipinski definition) is 2. The summed E-state index contributed by atoms with van der Waals surface area (Å²) in [5.74, 6) is -0.613. The topological polar surface area (TPSA) is 78.5 Å². The zero-order valence-electron chi connectivity index (χ0n) is 13.1. The number of piperazine rings is 1. The van der Waals surface area contributed by atoms with Gasteiger partial charge in [-0.25, -0.2) is 0 Å². The summed E-state index contributed by atoms with van der Waals surface area (Å²) in [5, 5.41) is 5.64. The number of nitrogens with one attached hydrogen (secondary N) is 2. The van der Waals surface area contributed by atoms with Gasteiger partial charge < -0.3 is 10.2 Å². The van der Waals surface area contributed by atoms with Gasteiger partial charge in [0.05, 0.1) is 0 Å². The summed E-state index contributed by atoms with van der Waals surface area (Å²) < 4.78 is 0. The van der Waals surface area contributed by atoms with Gasteiger partial charge in [-0.1, -0.05) is 20.8 Å². The number of nitrogens with zero attached hydrogens (tertiary/aromatic N) is 1. The van der Waals surface area contributed by atoms with E-state index in [0.717, 1.165) is 25.9 Å². The lowest BCUT2D eigenvalue weighted by Crippen LogP contribution is -2.62. The smallest absolute Gasteiger partial charge is 0.249 e. The molecule has 3 amide bonds. The van der Waals surface area contributed by atoms with Gasteiger partial charge in [0.25, 0.3) is 0 Å². The average Bonchev–Trinajstić information content (AvgIpc) is 2.46. The first-order chi connectivity index (χ1) is 9.87. The minimum Gasteiger partial charge on any atom is -0.321 e. The van der Waals surface area contributed by atoms with E-state index in [1.807, 2.05) is 20.8 Å². The Morgan fingerprint density at radius 2 is 2.10 bits per heavy atom. The Kier molecular flexibility index (Phi) is 4.66. The third-order valence-corrected chi connectivity index (χ3v) is 4.77. The van der Waals surface area contributed by atoms with Crippen molar-refractivity contribution in [2.75, 3.05) is 19.6 Å². The Morgan fingerprint density at radius 3 is 2.67 bits per heavy atom. The lowest BCUT2D eigenvalue weighted by molar-refractivity contribution is -0.157. The van der Waals surface area contributed by atoms with Crippen molar-refractivity contribution in [2.45, 2.75) is 46.1 Å². The van der Waals surface area contributed by atoms with Crippen molar-refractivity contribution in [3.63, 3.8) is 0 Å². The molecule has 6 heteroatoms. The molecule has 0 aromatic carbocycles. The van der Waals surface area contributed by atoms with Crippen LogP contribution in [0.25, 0.3) is 0 Å². The van der Waals surface area contributed by atoms with Gasteiger partial charge >= 0.3 is 0 Å². The SMILES string of the molecule is CCC1C(=O)NC(=O)CN1C(=O)C(C)(C)C1CCCNC1. The molecule has 0 saturated carbocycles. The Hall–Kier alpha value is -1.43. The zero-order chi connectivity index (χ0) is 15.6. The molecule has 21 heavy (non-hydrogen) atoms. The van der Waals surface area contributed by atoms with Crippen molar-refractivity contribution >= 4 is 17.7 Å². The second-order valence-corrected chi connectivity index (χ2v) is 6.53. The maximum Gasteiger partial charge on any atom is 0.249 e. The molecule has 2 fully saturated rings. The van der Waals surface area contributed by atoms with Crippen molar-refractivity contribution in [2.24, 2.45) is 11.3 Å². The fraction of sp³-hybridized carbons (Fsp3) is 0.800. The Bertz CT molecular complexity index is 441. The summed E-state index contributed by atoms with van der Waals surface area (Å²) in [6.45, 7) is 7.49. The van der Waals surface area contributed by atoms with E-state index in [1.54, 1.807) is 0 Å². The third kappa shape index (κ3) is 3.10. The zero-order valence-corrected chi connectivity index (χ0v) is 13.1. The maximum absolute atomic E-state index is 12.9. The number of piperidine rings is 1. The van der Waals surface area contributed by atoms with E-state index < -0.39 is 17.4 Å². The van der Waals surface area contributed by atoms with Crippen LogP contribution in [0.2, 0.25) is 0 Å². The van der Waals surface area contributed by atoms with E-state index in [1.165, 1.54) is 4.90 Å². The highest BCUT2D eigenvalue weighted by molar-refractivity contribution is 6.04. The number of carbonyl (C=O) groups excluding carboxylic acids is 3. The second-order valence-electron chi connectivity index (χ2n) is 6.53. The van der Waals surface area contributed by atoms with E-state index in [4.69, 9.17) is 0 Å². The van der Waals surface area contributed by atoms with E-state index in [9.17, 15) is 14.4 Å². The summed E-state index contributed by atoms with van der Waals surface area (Å²) >= 11 is 0. The van der Waals surface area contributed by atoms with Crippen LogP contribution in [0.1, 0.15) is 40.0 Å². The molecule has 0 aromatic heterocycles. The maximum atomic E-state index is 12.9. The van der Waals surface area contributed by atoms with Crippen LogP contribution in [-0.4, -0.2) is 48.3 Å². The molecule has 0 spiro atoms. The molecular weight excluding hydrogens is 270 g/mol. The van der Waals surface area contributed by atoms with Crippen LogP contribution in [0, 0.1) is 11.3 Å². The van der Waals surface area contributed by atoms with Crippen molar-refractivity contribution < 1.29 is 14.4 Å². The highest BCUT2D eigenvalue weighted by Gasteiger charge is 2.45. The van der Waals surface area contributed by atoms with Gasteiger partial charge in [0, 0.05) is 5.41 Å². The molecule has 2 unspecified atom stereocenters. The van der Waals surface area contributed by atoms with E-state index >= 15 is 0 Å². The highest BCUT2D eigenvalue weighted by atomic mass is 16.2. The summed E-state index contributed by atoms with van der Waals surface area (Å²) in [7, 11) is 0. The van der Waals surface area contributed by atoms with Crippen LogP contribution in [0.5, 0.6) is 0 Å². The number of carbonyl (C=O) groups is 3.